The van der Waals surface area contributed by atoms with Gasteiger partial charge in [0.05, 0.1) is 12.2 Å². The summed E-state index contributed by atoms with van der Waals surface area (Å²) in [4.78, 5) is 14.1. The first kappa shape index (κ1) is 11.4. The van der Waals surface area contributed by atoms with Crippen LogP contribution in [0.2, 0.25) is 0 Å². The van der Waals surface area contributed by atoms with Crippen molar-refractivity contribution in [3.05, 3.63) is 23.6 Å². The van der Waals surface area contributed by atoms with E-state index in [9.17, 15) is 9.18 Å². The van der Waals surface area contributed by atoms with Crippen molar-refractivity contribution in [3.8, 4) is 5.88 Å². The summed E-state index contributed by atoms with van der Waals surface area (Å²) in [6.45, 7) is 4.18. The fourth-order valence-electron chi connectivity index (χ4n) is 0.894. The standard InChI is InChI=1S/C10H12FNO3/c1-6(2)5-15-9-8(11)3-7(4-12-9)10(13)14/h3-4,6H,5H2,1-2H3,(H,13,14). The van der Waals surface area contributed by atoms with Crippen LogP contribution in [0.5, 0.6) is 5.88 Å². The van der Waals surface area contributed by atoms with Gasteiger partial charge in [-0.3, -0.25) is 0 Å². The lowest BCUT2D eigenvalue weighted by molar-refractivity contribution is 0.0695. The molecule has 0 amide bonds. The summed E-state index contributed by atoms with van der Waals surface area (Å²) in [5.41, 5.74) is -0.190. The van der Waals surface area contributed by atoms with Gasteiger partial charge in [-0.15, -0.1) is 0 Å². The van der Waals surface area contributed by atoms with Crippen molar-refractivity contribution in [3.63, 3.8) is 0 Å². The van der Waals surface area contributed by atoms with E-state index < -0.39 is 11.8 Å². The summed E-state index contributed by atoms with van der Waals surface area (Å²) in [6, 6.07) is 0.894. The van der Waals surface area contributed by atoms with Crippen LogP contribution in [0, 0.1) is 11.7 Å². The van der Waals surface area contributed by atoms with Crippen LogP contribution < -0.4 is 4.74 Å². The van der Waals surface area contributed by atoms with E-state index in [1.165, 1.54) is 0 Å². The van der Waals surface area contributed by atoms with Crippen LogP contribution in [0.1, 0.15) is 24.2 Å². The molecule has 0 aliphatic carbocycles. The Hall–Kier alpha value is -1.65. The molecule has 0 aromatic carbocycles. The third-order valence-corrected chi connectivity index (χ3v) is 1.61. The lowest BCUT2D eigenvalue weighted by Gasteiger charge is -2.08. The predicted octanol–water partition coefficient (Wildman–Crippen LogP) is 1.95. The molecule has 1 aromatic heterocycles. The zero-order valence-corrected chi connectivity index (χ0v) is 8.53. The molecule has 0 bridgehead atoms. The number of carbonyl (C=O) groups is 1. The van der Waals surface area contributed by atoms with Gasteiger partial charge in [0.25, 0.3) is 0 Å². The zero-order chi connectivity index (χ0) is 11.4. The van der Waals surface area contributed by atoms with E-state index >= 15 is 0 Å². The molecule has 0 unspecified atom stereocenters. The lowest BCUT2D eigenvalue weighted by atomic mass is 10.2. The topological polar surface area (TPSA) is 59.4 Å². The molecule has 1 rings (SSSR count). The van der Waals surface area contributed by atoms with Crippen molar-refractivity contribution >= 4 is 5.97 Å². The average Bonchev–Trinajstić information content (AvgIpc) is 2.15. The molecule has 0 radical (unpaired) electrons. The minimum atomic E-state index is -1.21. The molecule has 4 nitrogen and oxygen atoms in total. The van der Waals surface area contributed by atoms with Crippen LogP contribution in [0.4, 0.5) is 4.39 Å². The minimum absolute atomic E-state index is 0.159. The molecule has 0 spiro atoms. The smallest absolute Gasteiger partial charge is 0.337 e. The van der Waals surface area contributed by atoms with Gasteiger partial charge in [-0.25, -0.2) is 14.2 Å². The van der Waals surface area contributed by atoms with Crippen LogP contribution in [0.25, 0.3) is 0 Å². The number of carboxylic acids is 1. The van der Waals surface area contributed by atoms with Crippen molar-refractivity contribution in [2.45, 2.75) is 13.8 Å². The van der Waals surface area contributed by atoms with Crippen LogP contribution >= 0.6 is 0 Å². The van der Waals surface area contributed by atoms with Gasteiger partial charge in [0, 0.05) is 6.20 Å². The Morgan fingerprint density at radius 3 is 2.80 bits per heavy atom. The van der Waals surface area contributed by atoms with Crippen LogP contribution in [0.15, 0.2) is 12.3 Å². The van der Waals surface area contributed by atoms with Gasteiger partial charge >= 0.3 is 5.97 Å². The number of pyridine rings is 1. The highest BCUT2D eigenvalue weighted by Gasteiger charge is 2.10. The summed E-state index contributed by atoms with van der Waals surface area (Å²) < 4.78 is 18.3. The summed E-state index contributed by atoms with van der Waals surface area (Å²) in [6.07, 6.45) is 1.07. The number of ether oxygens (including phenoxy) is 1. The van der Waals surface area contributed by atoms with E-state index in [-0.39, 0.29) is 17.4 Å². The molecular formula is C10H12FNO3. The molecule has 0 saturated carbocycles. The van der Waals surface area contributed by atoms with E-state index in [0.29, 0.717) is 6.61 Å². The van der Waals surface area contributed by atoms with E-state index in [2.05, 4.69) is 4.98 Å². The Morgan fingerprint density at radius 1 is 1.67 bits per heavy atom. The first-order chi connectivity index (χ1) is 7.00. The van der Waals surface area contributed by atoms with Crippen molar-refractivity contribution < 1.29 is 19.0 Å². The Labute approximate surface area is 86.7 Å². The van der Waals surface area contributed by atoms with E-state index in [1.54, 1.807) is 0 Å². The summed E-state index contributed by atoms with van der Waals surface area (Å²) in [5, 5.41) is 8.57. The number of aromatic carboxylic acids is 1. The van der Waals surface area contributed by atoms with Crippen molar-refractivity contribution in [2.24, 2.45) is 5.92 Å². The van der Waals surface area contributed by atoms with Gasteiger partial charge in [0.1, 0.15) is 0 Å². The van der Waals surface area contributed by atoms with Crippen molar-refractivity contribution in [1.29, 1.82) is 0 Å². The number of carboxylic acid groups (broad SMARTS) is 1. The van der Waals surface area contributed by atoms with Crippen molar-refractivity contribution in [2.75, 3.05) is 6.61 Å². The van der Waals surface area contributed by atoms with E-state index in [0.717, 1.165) is 12.3 Å². The first-order valence-corrected chi connectivity index (χ1v) is 4.52. The van der Waals surface area contributed by atoms with Crippen LogP contribution in [-0.4, -0.2) is 22.7 Å². The molecule has 1 N–H and O–H groups in total. The minimum Gasteiger partial charge on any atom is -0.478 e. The highest BCUT2D eigenvalue weighted by atomic mass is 19.1. The van der Waals surface area contributed by atoms with Crippen LogP contribution in [-0.2, 0) is 0 Å². The van der Waals surface area contributed by atoms with Gasteiger partial charge in [-0.05, 0) is 12.0 Å². The molecule has 0 aliphatic heterocycles. The number of hydrogen-bond acceptors (Lipinski definition) is 3. The number of aromatic nitrogens is 1. The zero-order valence-electron chi connectivity index (χ0n) is 8.53. The second-order valence-electron chi connectivity index (χ2n) is 3.52. The summed E-state index contributed by atoms with van der Waals surface area (Å²) in [7, 11) is 0. The fraction of sp³-hybridized carbons (Fsp3) is 0.400. The molecule has 5 heteroatoms. The molecule has 1 aromatic rings. The normalized spacial score (nSPS) is 10.4. The number of halogens is 1. The molecule has 0 fully saturated rings. The molecule has 1 heterocycles. The largest absolute Gasteiger partial charge is 0.478 e. The quantitative estimate of drug-likeness (QED) is 0.830. The monoisotopic (exact) mass is 213 g/mol. The molecular weight excluding hydrogens is 201 g/mol. The Morgan fingerprint density at radius 2 is 2.33 bits per heavy atom. The number of hydrogen-bond donors (Lipinski definition) is 1. The highest BCUT2D eigenvalue weighted by molar-refractivity contribution is 5.87. The van der Waals surface area contributed by atoms with Gasteiger partial charge < -0.3 is 9.84 Å². The molecule has 15 heavy (non-hydrogen) atoms. The second kappa shape index (κ2) is 4.72. The summed E-state index contributed by atoms with van der Waals surface area (Å²) >= 11 is 0. The third-order valence-electron chi connectivity index (χ3n) is 1.61. The second-order valence-corrected chi connectivity index (χ2v) is 3.52. The van der Waals surface area contributed by atoms with Gasteiger partial charge in [0.2, 0.25) is 5.88 Å². The number of rotatable bonds is 4. The maximum Gasteiger partial charge on any atom is 0.337 e. The maximum absolute atomic E-state index is 13.2. The molecule has 0 aliphatic rings. The molecule has 0 saturated heterocycles. The van der Waals surface area contributed by atoms with Gasteiger partial charge in [-0.2, -0.15) is 0 Å². The van der Waals surface area contributed by atoms with Crippen LogP contribution in [0.3, 0.4) is 0 Å². The molecule has 0 atom stereocenters. The SMILES string of the molecule is CC(C)COc1ncc(C(=O)O)cc1F. The van der Waals surface area contributed by atoms with Gasteiger partial charge in [0.15, 0.2) is 5.82 Å². The van der Waals surface area contributed by atoms with E-state index in [1.807, 2.05) is 13.8 Å². The molecule has 82 valence electrons. The van der Waals surface area contributed by atoms with Gasteiger partial charge in [-0.1, -0.05) is 13.8 Å². The Balaban J connectivity index is 2.79. The first-order valence-electron chi connectivity index (χ1n) is 4.52. The number of nitrogens with zero attached hydrogens (tertiary/aromatic N) is 1. The average molecular weight is 213 g/mol. The lowest BCUT2D eigenvalue weighted by Crippen LogP contribution is -2.08. The van der Waals surface area contributed by atoms with E-state index in [4.69, 9.17) is 9.84 Å². The fourth-order valence-corrected chi connectivity index (χ4v) is 0.894. The van der Waals surface area contributed by atoms with Crippen molar-refractivity contribution in [1.82, 2.24) is 4.98 Å². The third kappa shape index (κ3) is 3.19. The Bertz CT molecular complexity index is 366. The predicted molar refractivity (Wildman–Crippen MR) is 51.5 cm³/mol. The maximum atomic E-state index is 13.2. The Kier molecular flexibility index (Phi) is 3.60. The highest BCUT2D eigenvalue weighted by Crippen LogP contribution is 2.15. The summed E-state index contributed by atoms with van der Waals surface area (Å²) in [5.74, 6) is -1.87.